The van der Waals surface area contributed by atoms with Crippen molar-refractivity contribution in [3.8, 4) is 16.9 Å². The Morgan fingerprint density at radius 3 is 2.21 bits per heavy atom. The van der Waals surface area contributed by atoms with Crippen molar-refractivity contribution < 1.29 is 19.1 Å². The molecule has 7 heteroatoms. The van der Waals surface area contributed by atoms with Gasteiger partial charge in [0.15, 0.2) is 0 Å². The van der Waals surface area contributed by atoms with E-state index in [4.69, 9.17) is 4.74 Å². The van der Waals surface area contributed by atoms with Crippen molar-refractivity contribution in [2.75, 3.05) is 13.7 Å². The van der Waals surface area contributed by atoms with Gasteiger partial charge in [0.05, 0.1) is 13.2 Å². The third kappa shape index (κ3) is 4.50. The van der Waals surface area contributed by atoms with Gasteiger partial charge in [-0.05, 0) is 48.2 Å². The molecule has 0 bridgehead atoms. The number of rotatable bonds is 7. The number of nitrogens with zero attached hydrogens (tertiary/aromatic N) is 1. The number of hydrogen-bond donors (Lipinski definition) is 2. The van der Waals surface area contributed by atoms with Crippen molar-refractivity contribution in [3.63, 3.8) is 0 Å². The van der Waals surface area contributed by atoms with Crippen LogP contribution < -0.4 is 15.4 Å². The fourth-order valence-electron chi connectivity index (χ4n) is 4.07. The highest BCUT2D eigenvalue weighted by molar-refractivity contribution is 6.09. The molecule has 1 aliphatic rings. The molecule has 0 spiro atoms. The maximum absolute atomic E-state index is 13.1. The Kier molecular flexibility index (Phi) is 6.36. The van der Waals surface area contributed by atoms with Crippen LogP contribution in [0.25, 0.3) is 11.1 Å². The maximum atomic E-state index is 13.1. The molecular weight excluding hydrogens is 430 g/mol. The molecule has 174 valence electrons. The van der Waals surface area contributed by atoms with Crippen LogP contribution in [0.1, 0.15) is 31.0 Å². The Labute approximate surface area is 198 Å². The zero-order valence-electron chi connectivity index (χ0n) is 19.4. The molecule has 4 rings (SSSR count). The summed E-state index contributed by atoms with van der Waals surface area (Å²) in [6, 6.07) is 24.0. The Hall–Kier alpha value is -4.13. The minimum atomic E-state index is -1.25. The number of carbonyl (C=O) groups excluding carboxylic acids is 3. The van der Waals surface area contributed by atoms with E-state index in [9.17, 15) is 14.4 Å². The first-order chi connectivity index (χ1) is 16.3. The van der Waals surface area contributed by atoms with Crippen LogP contribution in [-0.2, 0) is 15.1 Å². The molecule has 7 nitrogen and oxygen atoms in total. The molecule has 1 saturated heterocycles. The van der Waals surface area contributed by atoms with Gasteiger partial charge < -0.3 is 15.4 Å². The van der Waals surface area contributed by atoms with Crippen molar-refractivity contribution in [1.82, 2.24) is 15.5 Å². The second-order valence-corrected chi connectivity index (χ2v) is 8.45. The van der Waals surface area contributed by atoms with Crippen molar-refractivity contribution in [2.24, 2.45) is 0 Å². The van der Waals surface area contributed by atoms with E-state index in [0.29, 0.717) is 11.3 Å². The summed E-state index contributed by atoms with van der Waals surface area (Å²) >= 11 is 0. The summed E-state index contributed by atoms with van der Waals surface area (Å²) < 4.78 is 5.15. The van der Waals surface area contributed by atoms with Crippen LogP contribution in [-0.4, -0.2) is 36.4 Å². The Morgan fingerprint density at radius 2 is 1.59 bits per heavy atom. The molecular formula is C27H27N3O4. The summed E-state index contributed by atoms with van der Waals surface area (Å²) in [6.45, 7) is 3.13. The highest BCUT2D eigenvalue weighted by atomic mass is 16.5. The van der Waals surface area contributed by atoms with E-state index in [2.05, 4.69) is 10.6 Å². The molecule has 0 unspecified atom stereocenters. The number of benzene rings is 3. The molecule has 1 aliphatic heterocycles. The van der Waals surface area contributed by atoms with E-state index in [1.807, 2.05) is 61.5 Å². The average molecular weight is 458 g/mol. The van der Waals surface area contributed by atoms with Crippen LogP contribution in [0.15, 0.2) is 78.9 Å². The van der Waals surface area contributed by atoms with E-state index in [-0.39, 0.29) is 12.6 Å². The SMILES string of the molecule is COc1ccc([C@]2(C)NC(=O)N(CC(=O)N[C@@H](C)c3ccc(-c4ccccc4)cc3)C2=O)cc1. The van der Waals surface area contributed by atoms with E-state index < -0.39 is 23.4 Å². The second kappa shape index (κ2) is 9.39. The van der Waals surface area contributed by atoms with Gasteiger partial charge in [0.2, 0.25) is 5.91 Å². The number of carbonyl (C=O) groups is 3. The molecule has 2 N–H and O–H groups in total. The maximum Gasteiger partial charge on any atom is 0.325 e. The molecule has 2 atom stereocenters. The Bertz CT molecular complexity index is 1190. The molecule has 1 heterocycles. The number of ether oxygens (including phenoxy) is 1. The Balaban J connectivity index is 1.40. The molecule has 1 fully saturated rings. The van der Waals surface area contributed by atoms with Crippen molar-refractivity contribution in [3.05, 3.63) is 90.0 Å². The van der Waals surface area contributed by atoms with Crippen molar-refractivity contribution in [2.45, 2.75) is 25.4 Å². The minimum absolute atomic E-state index is 0.286. The number of nitrogens with one attached hydrogen (secondary N) is 2. The summed E-state index contributed by atoms with van der Waals surface area (Å²) in [4.78, 5) is 39.3. The van der Waals surface area contributed by atoms with Crippen LogP contribution in [0.5, 0.6) is 5.75 Å². The van der Waals surface area contributed by atoms with E-state index in [1.54, 1.807) is 38.3 Å². The summed E-state index contributed by atoms with van der Waals surface area (Å²) in [6.07, 6.45) is 0. The third-order valence-electron chi connectivity index (χ3n) is 6.14. The van der Waals surface area contributed by atoms with Gasteiger partial charge in [-0.2, -0.15) is 0 Å². The normalized spacial score (nSPS) is 18.4. The van der Waals surface area contributed by atoms with Gasteiger partial charge in [0.1, 0.15) is 17.8 Å². The molecule has 0 radical (unpaired) electrons. The predicted molar refractivity (Wildman–Crippen MR) is 129 cm³/mol. The zero-order valence-corrected chi connectivity index (χ0v) is 19.4. The van der Waals surface area contributed by atoms with Gasteiger partial charge in [0.25, 0.3) is 5.91 Å². The van der Waals surface area contributed by atoms with Gasteiger partial charge in [-0.3, -0.25) is 14.5 Å². The lowest BCUT2D eigenvalue weighted by molar-refractivity contribution is -0.135. The highest BCUT2D eigenvalue weighted by Gasteiger charge is 2.49. The number of amides is 4. The molecule has 3 aromatic rings. The van der Waals surface area contributed by atoms with Crippen LogP contribution in [0.2, 0.25) is 0 Å². The first kappa shape index (κ1) is 23.0. The molecule has 3 aromatic carbocycles. The summed E-state index contributed by atoms with van der Waals surface area (Å²) in [5.41, 5.74) is 2.49. The topological polar surface area (TPSA) is 87.7 Å². The highest BCUT2D eigenvalue weighted by Crippen LogP contribution is 2.30. The molecule has 0 saturated carbocycles. The fraction of sp³-hybridized carbons (Fsp3) is 0.222. The lowest BCUT2D eigenvalue weighted by Gasteiger charge is -2.22. The zero-order chi connectivity index (χ0) is 24.3. The minimum Gasteiger partial charge on any atom is -0.497 e. The third-order valence-corrected chi connectivity index (χ3v) is 6.14. The Morgan fingerprint density at radius 1 is 0.971 bits per heavy atom. The monoisotopic (exact) mass is 457 g/mol. The van der Waals surface area contributed by atoms with Crippen LogP contribution >= 0.6 is 0 Å². The van der Waals surface area contributed by atoms with Gasteiger partial charge in [-0.1, -0.05) is 66.7 Å². The standard InChI is InChI=1S/C27H27N3O4/c1-18(19-9-11-21(12-10-19)20-7-5-4-6-8-20)28-24(31)17-30-25(32)27(2,29-26(30)33)22-13-15-23(34-3)16-14-22/h4-16,18H,17H2,1-3H3,(H,28,31)(H,29,33)/t18-,27-/m0/s1. The summed E-state index contributed by atoms with van der Waals surface area (Å²) in [5, 5.41) is 5.59. The van der Waals surface area contributed by atoms with Crippen LogP contribution in [0, 0.1) is 0 Å². The number of imide groups is 1. The largest absolute Gasteiger partial charge is 0.497 e. The predicted octanol–water partition coefficient (Wildman–Crippen LogP) is 4.01. The quantitative estimate of drug-likeness (QED) is 0.525. The van der Waals surface area contributed by atoms with Crippen LogP contribution in [0.3, 0.4) is 0 Å². The molecule has 4 amide bonds. The van der Waals surface area contributed by atoms with Crippen molar-refractivity contribution in [1.29, 1.82) is 0 Å². The first-order valence-electron chi connectivity index (χ1n) is 11.0. The van der Waals surface area contributed by atoms with E-state index in [0.717, 1.165) is 21.6 Å². The lowest BCUT2D eigenvalue weighted by atomic mass is 9.92. The second-order valence-electron chi connectivity index (χ2n) is 8.45. The summed E-state index contributed by atoms with van der Waals surface area (Å²) in [7, 11) is 1.55. The molecule has 0 aliphatic carbocycles. The molecule has 0 aromatic heterocycles. The van der Waals surface area contributed by atoms with Gasteiger partial charge in [-0.15, -0.1) is 0 Å². The number of urea groups is 1. The number of hydrogen-bond acceptors (Lipinski definition) is 4. The number of methoxy groups -OCH3 is 1. The van der Waals surface area contributed by atoms with Gasteiger partial charge in [-0.25, -0.2) is 4.79 Å². The fourth-order valence-corrected chi connectivity index (χ4v) is 4.07. The smallest absolute Gasteiger partial charge is 0.325 e. The lowest BCUT2D eigenvalue weighted by Crippen LogP contribution is -2.43. The van der Waals surface area contributed by atoms with Crippen LogP contribution in [0.4, 0.5) is 4.79 Å². The van der Waals surface area contributed by atoms with E-state index in [1.165, 1.54) is 0 Å². The van der Waals surface area contributed by atoms with Gasteiger partial charge in [0, 0.05) is 0 Å². The average Bonchev–Trinajstić information content (AvgIpc) is 3.08. The molecule has 34 heavy (non-hydrogen) atoms. The van der Waals surface area contributed by atoms with Crippen molar-refractivity contribution >= 4 is 17.8 Å². The summed E-state index contributed by atoms with van der Waals surface area (Å²) in [5.74, 6) is -0.244. The van der Waals surface area contributed by atoms with E-state index >= 15 is 0 Å². The van der Waals surface area contributed by atoms with Gasteiger partial charge >= 0.3 is 6.03 Å². The first-order valence-corrected chi connectivity index (χ1v) is 11.0.